The van der Waals surface area contributed by atoms with E-state index in [1.54, 1.807) is 6.07 Å². The first-order chi connectivity index (χ1) is 20.4. The summed E-state index contributed by atoms with van der Waals surface area (Å²) >= 11 is 0. The predicted molar refractivity (Wildman–Crippen MR) is 143 cm³/mol. The van der Waals surface area contributed by atoms with E-state index < -0.39 is 73.6 Å². The Morgan fingerprint density at radius 3 is 2.21 bits per heavy atom. The SMILES string of the molecule is O=C(/C=C/c1ccc(O)c(O)c1)O[C@H]1[C@H](OCCc2ccc(O)c(O)c2)O[C@H](CO[C@@H]2OC[C@@H](O)[C@H](O)[C@H]2O)[C@@H](O)[C@@H]1O. The number of rotatable bonds is 10. The third-order valence-electron chi connectivity index (χ3n) is 6.90. The number of aromatic hydroxyl groups is 4. The molecule has 4 rings (SSSR count). The molecule has 0 bridgehead atoms. The maximum absolute atomic E-state index is 12.6. The monoisotopic (exact) mass is 610 g/mol. The third kappa shape index (κ3) is 8.11. The van der Waals surface area contributed by atoms with Gasteiger partial charge in [-0.3, -0.25) is 0 Å². The molecule has 43 heavy (non-hydrogen) atoms. The molecule has 2 fully saturated rings. The minimum absolute atomic E-state index is 0.0868. The molecule has 0 aliphatic carbocycles. The van der Waals surface area contributed by atoms with E-state index in [0.29, 0.717) is 11.1 Å². The van der Waals surface area contributed by atoms with E-state index in [-0.39, 0.29) is 36.9 Å². The van der Waals surface area contributed by atoms with Gasteiger partial charge in [-0.2, -0.15) is 0 Å². The Hall–Kier alpha value is -3.51. The Morgan fingerprint density at radius 2 is 1.51 bits per heavy atom. The van der Waals surface area contributed by atoms with Crippen molar-refractivity contribution >= 4 is 12.0 Å². The number of benzene rings is 2. The number of esters is 1. The van der Waals surface area contributed by atoms with Crippen molar-refractivity contribution < 1.29 is 74.4 Å². The van der Waals surface area contributed by atoms with Crippen LogP contribution in [0.2, 0.25) is 0 Å². The van der Waals surface area contributed by atoms with Crippen molar-refractivity contribution in [2.24, 2.45) is 0 Å². The summed E-state index contributed by atoms with van der Waals surface area (Å²) < 4.78 is 27.5. The fraction of sp³-hybridized carbons (Fsp3) is 0.464. The van der Waals surface area contributed by atoms with Crippen molar-refractivity contribution in [1.82, 2.24) is 0 Å². The van der Waals surface area contributed by atoms with Crippen LogP contribution in [0.4, 0.5) is 0 Å². The number of hydrogen-bond donors (Lipinski definition) is 9. The summed E-state index contributed by atoms with van der Waals surface area (Å²) in [5.41, 5.74) is 0.920. The second-order valence-corrected chi connectivity index (χ2v) is 10.0. The number of carbonyl (C=O) groups is 1. The summed E-state index contributed by atoms with van der Waals surface area (Å²) in [7, 11) is 0. The lowest BCUT2D eigenvalue weighted by Crippen LogP contribution is -2.61. The van der Waals surface area contributed by atoms with Crippen molar-refractivity contribution in [1.29, 1.82) is 0 Å². The van der Waals surface area contributed by atoms with Crippen molar-refractivity contribution in [3.8, 4) is 23.0 Å². The molecular weight excluding hydrogens is 576 g/mol. The molecule has 2 saturated heterocycles. The molecule has 15 nitrogen and oxygen atoms in total. The lowest BCUT2D eigenvalue weighted by atomic mass is 9.99. The Labute approximate surface area is 245 Å². The van der Waals surface area contributed by atoms with Gasteiger partial charge in [0.2, 0.25) is 0 Å². The first-order valence-corrected chi connectivity index (χ1v) is 13.3. The maximum Gasteiger partial charge on any atom is 0.331 e. The van der Waals surface area contributed by atoms with Crippen molar-refractivity contribution in [3.63, 3.8) is 0 Å². The van der Waals surface area contributed by atoms with Crippen LogP contribution in [-0.2, 0) is 34.9 Å². The molecule has 9 atom stereocenters. The molecule has 0 unspecified atom stereocenters. The summed E-state index contributed by atoms with van der Waals surface area (Å²) in [5.74, 6) is -2.37. The lowest BCUT2D eigenvalue weighted by Gasteiger charge is -2.42. The van der Waals surface area contributed by atoms with Crippen LogP contribution in [0.3, 0.4) is 0 Å². The van der Waals surface area contributed by atoms with Crippen LogP contribution in [0, 0.1) is 0 Å². The average Bonchev–Trinajstić information content (AvgIpc) is 2.98. The molecule has 2 aromatic rings. The van der Waals surface area contributed by atoms with Gasteiger partial charge in [-0.25, -0.2) is 4.79 Å². The normalized spacial score (nSPS) is 31.2. The summed E-state index contributed by atoms with van der Waals surface area (Å²) in [6.07, 6.45) is -11.1. The zero-order valence-electron chi connectivity index (χ0n) is 22.6. The average molecular weight is 611 g/mol. The van der Waals surface area contributed by atoms with Gasteiger partial charge in [-0.05, 0) is 47.9 Å². The van der Waals surface area contributed by atoms with Gasteiger partial charge in [0.15, 0.2) is 41.7 Å². The van der Waals surface area contributed by atoms with E-state index in [9.17, 15) is 50.8 Å². The van der Waals surface area contributed by atoms with Gasteiger partial charge in [0.25, 0.3) is 0 Å². The number of carbonyl (C=O) groups excluding carboxylic acids is 1. The molecule has 0 radical (unpaired) electrons. The van der Waals surface area contributed by atoms with Crippen LogP contribution in [0.25, 0.3) is 6.08 Å². The van der Waals surface area contributed by atoms with Crippen LogP contribution < -0.4 is 0 Å². The van der Waals surface area contributed by atoms with Crippen LogP contribution in [0.15, 0.2) is 42.5 Å². The highest BCUT2D eigenvalue weighted by Crippen LogP contribution is 2.29. The van der Waals surface area contributed by atoms with Gasteiger partial charge in [0.1, 0.15) is 36.6 Å². The second kappa shape index (κ2) is 14.3. The first-order valence-electron chi connectivity index (χ1n) is 13.3. The minimum Gasteiger partial charge on any atom is -0.504 e. The van der Waals surface area contributed by atoms with Crippen molar-refractivity contribution in [2.45, 2.75) is 61.7 Å². The molecule has 0 aromatic heterocycles. The summed E-state index contributed by atoms with van der Waals surface area (Å²) in [6.45, 7) is -0.886. The topological polar surface area (TPSA) is 245 Å². The van der Waals surface area contributed by atoms with Crippen LogP contribution in [0.1, 0.15) is 11.1 Å². The minimum atomic E-state index is -1.75. The number of phenolic OH excluding ortho intramolecular Hbond substituents is 4. The van der Waals surface area contributed by atoms with Gasteiger partial charge in [0.05, 0.1) is 19.8 Å². The molecule has 9 N–H and O–H groups in total. The van der Waals surface area contributed by atoms with E-state index in [0.717, 1.165) is 6.08 Å². The summed E-state index contributed by atoms with van der Waals surface area (Å²) in [6, 6.07) is 7.99. The van der Waals surface area contributed by atoms with E-state index in [1.807, 2.05) is 0 Å². The zero-order valence-corrected chi connectivity index (χ0v) is 22.6. The fourth-order valence-electron chi connectivity index (χ4n) is 4.42. The second-order valence-electron chi connectivity index (χ2n) is 10.0. The molecule has 15 heteroatoms. The van der Waals surface area contributed by atoms with E-state index >= 15 is 0 Å². The van der Waals surface area contributed by atoms with Gasteiger partial charge in [-0.15, -0.1) is 0 Å². The van der Waals surface area contributed by atoms with Crippen molar-refractivity contribution in [3.05, 3.63) is 53.6 Å². The Morgan fingerprint density at radius 1 is 0.814 bits per heavy atom. The smallest absolute Gasteiger partial charge is 0.331 e. The molecule has 2 aliphatic rings. The van der Waals surface area contributed by atoms with E-state index in [2.05, 4.69) is 0 Å². The van der Waals surface area contributed by atoms with Gasteiger partial charge < -0.3 is 69.6 Å². The van der Waals surface area contributed by atoms with E-state index in [1.165, 1.54) is 36.4 Å². The molecule has 0 amide bonds. The standard InChI is InChI=1S/C28H34O15/c29-15-4-1-13(9-17(15)31)3-6-21(34)43-26-24(37)23(36)20(12-41-27-25(38)22(35)19(33)11-40-27)42-28(26)39-8-7-14-2-5-16(30)18(32)10-14/h1-6,9-10,19-20,22-33,35-38H,7-8,11-12H2/b6-3+/t19-,20-,22+,23-,24+,25-,26-,27+,28-/m1/s1. The molecule has 2 aliphatic heterocycles. The van der Waals surface area contributed by atoms with Gasteiger partial charge in [-0.1, -0.05) is 12.1 Å². The molecule has 2 aromatic carbocycles. The largest absolute Gasteiger partial charge is 0.504 e. The maximum atomic E-state index is 12.6. The van der Waals surface area contributed by atoms with E-state index in [4.69, 9.17) is 23.7 Å². The molecule has 2 heterocycles. The molecule has 236 valence electrons. The van der Waals surface area contributed by atoms with Gasteiger partial charge in [0, 0.05) is 6.08 Å². The fourth-order valence-corrected chi connectivity index (χ4v) is 4.42. The molecule has 0 spiro atoms. The zero-order chi connectivity index (χ0) is 31.3. The number of phenols is 4. The highest BCUT2D eigenvalue weighted by Gasteiger charge is 2.48. The summed E-state index contributed by atoms with van der Waals surface area (Å²) in [4.78, 5) is 12.6. The Bertz CT molecular complexity index is 1270. The highest BCUT2D eigenvalue weighted by molar-refractivity contribution is 5.87. The third-order valence-corrected chi connectivity index (χ3v) is 6.90. The van der Waals surface area contributed by atoms with Crippen LogP contribution in [0.5, 0.6) is 23.0 Å². The van der Waals surface area contributed by atoms with Crippen LogP contribution in [-0.4, -0.2) is 127 Å². The van der Waals surface area contributed by atoms with Crippen molar-refractivity contribution in [2.75, 3.05) is 19.8 Å². The highest BCUT2D eigenvalue weighted by atomic mass is 16.7. The Balaban J connectivity index is 1.44. The predicted octanol–water partition coefficient (Wildman–Crippen LogP) is -1.40. The number of ether oxygens (including phenoxy) is 5. The van der Waals surface area contributed by atoms with Gasteiger partial charge >= 0.3 is 5.97 Å². The molecule has 0 saturated carbocycles. The molecular formula is C28H34O15. The lowest BCUT2D eigenvalue weighted by molar-refractivity contribution is -0.321. The first kappa shape index (κ1) is 32.4. The van der Waals surface area contributed by atoms with Crippen LogP contribution >= 0.6 is 0 Å². The number of hydrogen-bond acceptors (Lipinski definition) is 15. The summed E-state index contributed by atoms with van der Waals surface area (Å²) in [5, 5.41) is 89.5. The number of aliphatic hydroxyl groups is 5. The number of aliphatic hydroxyl groups excluding tert-OH is 5. The quantitative estimate of drug-likeness (QED) is 0.0853. The Kier molecular flexibility index (Phi) is 10.8.